The van der Waals surface area contributed by atoms with Gasteiger partial charge < -0.3 is 15.4 Å². The normalized spacial score (nSPS) is 10.5. The number of carbonyl (C=O) groups excluding carboxylic acids is 1. The van der Waals surface area contributed by atoms with Crippen molar-refractivity contribution in [3.8, 4) is 0 Å². The van der Waals surface area contributed by atoms with E-state index in [1.54, 1.807) is 0 Å². The van der Waals surface area contributed by atoms with Crippen LogP contribution >= 0.6 is 15.9 Å². The minimum absolute atomic E-state index is 0.152. The zero-order chi connectivity index (χ0) is 14.1. The Hall–Kier alpha value is -1.07. The largest absolute Gasteiger partial charge is 0.379 e. The van der Waals surface area contributed by atoms with Gasteiger partial charge in [-0.1, -0.05) is 34.1 Å². The molecule has 0 aromatic heterocycles. The maximum absolute atomic E-state index is 11.5. The minimum Gasteiger partial charge on any atom is -0.379 e. The van der Waals surface area contributed by atoms with Crippen LogP contribution < -0.4 is 10.6 Å². The zero-order valence-corrected chi connectivity index (χ0v) is 13.0. The number of benzene rings is 1. The number of rotatable bonds is 7. The summed E-state index contributed by atoms with van der Waals surface area (Å²) >= 11 is 3.44. The van der Waals surface area contributed by atoms with E-state index in [-0.39, 0.29) is 12.1 Å². The average Bonchev–Trinajstić information content (AvgIpc) is 2.37. The summed E-state index contributed by atoms with van der Waals surface area (Å²) in [6, 6.07) is 7.67. The highest BCUT2D eigenvalue weighted by molar-refractivity contribution is 9.10. The molecule has 19 heavy (non-hydrogen) atoms. The Morgan fingerprint density at radius 1 is 1.32 bits per heavy atom. The van der Waals surface area contributed by atoms with Gasteiger partial charge in [0.1, 0.15) is 0 Å². The molecule has 0 heterocycles. The Morgan fingerprint density at radius 3 is 2.74 bits per heavy atom. The Kier molecular flexibility index (Phi) is 7.52. The van der Waals surface area contributed by atoms with E-state index in [1.165, 1.54) is 0 Å². The summed E-state index contributed by atoms with van der Waals surface area (Å²) in [6.07, 6.45) is 1.06. The minimum atomic E-state index is -0.152. The first-order chi connectivity index (χ1) is 9.09. The molecule has 1 aromatic rings. The van der Waals surface area contributed by atoms with E-state index in [1.807, 2.05) is 38.1 Å². The second-order valence-electron chi connectivity index (χ2n) is 4.47. The fourth-order valence-corrected chi connectivity index (χ4v) is 1.90. The molecule has 0 atom stereocenters. The van der Waals surface area contributed by atoms with E-state index >= 15 is 0 Å². The van der Waals surface area contributed by atoms with E-state index in [9.17, 15) is 4.79 Å². The Morgan fingerprint density at radius 2 is 2.05 bits per heavy atom. The molecule has 0 fully saturated rings. The lowest BCUT2D eigenvalue weighted by atomic mass is 10.2. The van der Waals surface area contributed by atoms with Gasteiger partial charge in [-0.3, -0.25) is 0 Å². The third-order valence-corrected chi connectivity index (χ3v) is 3.23. The Bertz CT molecular complexity index is 397. The summed E-state index contributed by atoms with van der Waals surface area (Å²) in [5.41, 5.74) is 1.06. The number of urea groups is 1. The van der Waals surface area contributed by atoms with Crippen molar-refractivity contribution in [3.05, 3.63) is 34.3 Å². The third-order valence-electron chi connectivity index (χ3n) is 2.46. The van der Waals surface area contributed by atoms with Crippen LogP contribution in [-0.2, 0) is 11.3 Å². The van der Waals surface area contributed by atoms with Crippen molar-refractivity contribution in [1.29, 1.82) is 0 Å². The van der Waals surface area contributed by atoms with Crippen LogP contribution in [0.4, 0.5) is 4.79 Å². The summed E-state index contributed by atoms with van der Waals surface area (Å²) in [7, 11) is 0. The van der Waals surface area contributed by atoms with Crippen LogP contribution in [0.2, 0.25) is 0 Å². The molecule has 0 saturated heterocycles. The summed E-state index contributed by atoms with van der Waals surface area (Å²) in [4.78, 5) is 11.5. The van der Waals surface area contributed by atoms with E-state index in [4.69, 9.17) is 4.74 Å². The molecule has 0 unspecified atom stereocenters. The highest BCUT2D eigenvalue weighted by Crippen LogP contribution is 2.15. The van der Waals surface area contributed by atoms with Crippen molar-refractivity contribution in [2.45, 2.75) is 32.9 Å². The lowest BCUT2D eigenvalue weighted by Crippen LogP contribution is -2.36. The third kappa shape index (κ3) is 7.18. The number of ether oxygens (including phenoxy) is 1. The highest BCUT2D eigenvalue weighted by Gasteiger charge is 2.02. The van der Waals surface area contributed by atoms with Crippen LogP contribution in [0, 0.1) is 0 Å². The number of halogens is 1. The van der Waals surface area contributed by atoms with Crippen LogP contribution in [0.15, 0.2) is 28.7 Å². The predicted octanol–water partition coefficient (Wildman–Crippen LogP) is 3.06. The van der Waals surface area contributed by atoms with Gasteiger partial charge in [-0.15, -0.1) is 0 Å². The maximum Gasteiger partial charge on any atom is 0.315 e. The van der Waals surface area contributed by atoms with Gasteiger partial charge in [0, 0.05) is 24.2 Å². The lowest BCUT2D eigenvalue weighted by Gasteiger charge is -2.10. The molecule has 4 nitrogen and oxygen atoms in total. The second kappa shape index (κ2) is 8.93. The molecule has 0 saturated carbocycles. The maximum atomic E-state index is 11.5. The molecule has 106 valence electrons. The molecule has 0 aliphatic carbocycles. The van der Waals surface area contributed by atoms with E-state index in [0.717, 1.165) is 16.5 Å². The Labute approximate surface area is 123 Å². The molecule has 2 N–H and O–H groups in total. The van der Waals surface area contributed by atoms with Crippen molar-refractivity contribution < 1.29 is 9.53 Å². The van der Waals surface area contributed by atoms with E-state index < -0.39 is 0 Å². The van der Waals surface area contributed by atoms with Gasteiger partial charge in [0.25, 0.3) is 0 Å². The van der Waals surface area contributed by atoms with Crippen molar-refractivity contribution in [2.75, 3.05) is 13.2 Å². The van der Waals surface area contributed by atoms with E-state index in [2.05, 4.69) is 26.6 Å². The van der Waals surface area contributed by atoms with Crippen molar-refractivity contribution in [3.63, 3.8) is 0 Å². The van der Waals surface area contributed by atoms with Gasteiger partial charge in [0.2, 0.25) is 0 Å². The Balaban J connectivity index is 2.13. The van der Waals surface area contributed by atoms with Gasteiger partial charge >= 0.3 is 6.03 Å². The summed E-state index contributed by atoms with van der Waals surface area (Å²) in [5, 5.41) is 5.62. The lowest BCUT2D eigenvalue weighted by molar-refractivity contribution is 0.0774. The van der Waals surface area contributed by atoms with Crippen LogP contribution in [0.5, 0.6) is 0 Å². The van der Waals surface area contributed by atoms with Crippen molar-refractivity contribution >= 4 is 22.0 Å². The second-order valence-corrected chi connectivity index (χ2v) is 5.33. The standard InChI is InChI=1S/C14H21BrN2O2/c1-11(2)19-9-5-8-16-14(18)17-10-12-6-3-4-7-13(12)15/h3-4,6-7,11H,5,8-10H2,1-2H3,(H2,16,17,18). The number of carbonyl (C=O) groups is 1. The van der Waals surface area contributed by atoms with Gasteiger partial charge in [0.15, 0.2) is 0 Å². The summed E-state index contributed by atoms with van der Waals surface area (Å²) < 4.78 is 6.39. The predicted molar refractivity (Wildman–Crippen MR) is 80.1 cm³/mol. The molecule has 0 radical (unpaired) electrons. The highest BCUT2D eigenvalue weighted by atomic mass is 79.9. The molecule has 1 aromatic carbocycles. The molecule has 1 rings (SSSR count). The topological polar surface area (TPSA) is 50.4 Å². The summed E-state index contributed by atoms with van der Waals surface area (Å²) in [6.45, 7) is 5.79. The molecule has 0 spiro atoms. The van der Waals surface area contributed by atoms with Gasteiger partial charge in [0.05, 0.1) is 6.10 Å². The first kappa shape index (κ1) is 16.0. The zero-order valence-electron chi connectivity index (χ0n) is 11.4. The average molecular weight is 329 g/mol. The number of amides is 2. The van der Waals surface area contributed by atoms with Gasteiger partial charge in [-0.2, -0.15) is 0 Å². The molecule has 5 heteroatoms. The molecule has 0 bridgehead atoms. The van der Waals surface area contributed by atoms with Crippen molar-refractivity contribution in [1.82, 2.24) is 10.6 Å². The summed E-state index contributed by atoms with van der Waals surface area (Å²) in [5.74, 6) is 0. The molecular formula is C14H21BrN2O2. The SMILES string of the molecule is CC(C)OCCCNC(=O)NCc1ccccc1Br. The molecule has 0 aliphatic rings. The van der Waals surface area contributed by atoms with Crippen LogP contribution in [0.25, 0.3) is 0 Å². The quantitative estimate of drug-likeness (QED) is 0.756. The smallest absolute Gasteiger partial charge is 0.315 e. The van der Waals surface area contributed by atoms with Crippen LogP contribution in [0.1, 0.15) is 25.8 Å². The number of nitrogens with one attached hydrogen (secondary N) is 2. The number of hydrogen-bond donors (Lipinski definition) is 2. The molecule has 2 amide bonds. The van der Waals surface area contributed by atoms with E-state index in [0.29, 0.717) is 19.7 Å². The first-order valence-corrected chi connectivity index (χ1v) is 7.25. The number of hydrogen-bond acceptors (Lipinski definition) is 2. The fraction of sp³-hybridized carbons (Fsp3) is 0.500. The fourth-order valence-electron chi connectivity index (χ4n) is 1.47. The monoisotopic (exact) mass is 328 g/mol. The molecular weight excluding hydrogens is 308 g/mol. The van der Waals surface area contributed by atoms with Gasteiger partial charge in [-0.25, -0.2) is 4.79 Å². The first-order valence-electron chi connectivity index (χ1n) is 6.46. The van der Waals surface area contributed by atoms with Gasteiger partial charge in [-0.05, 0) is 31.9 Å². The van der Waals surface area contributed by atoms with Crippen molar-refractivity contribution in [2.24, 2.45) is 0 Å². The van der Waals surface area contributed by atoms with Crippen LogP contribution in [-0.4, -0.2) is 25.3 Å². The van der Waals surface area contributed by atoms with Crippen LogP contribution in [0.3, 0.4) is 0 Å². The molecule has 0 aliphatic heterocycles.